The summed E-state index contributed by atoms with van der Waals surface area (Å²) in [5, 5.41) is 16.9. The van der Waals surface area contributed by atoms with E-state index in [1.807, 2.05) is 0 Å². The third kappa shape index (κ3) is 8.77. The topological polar surface area (TPSA) is 66.2 Å². The van der Waals surface area contributed by atoms with Crippen LogP contribution in [0.25, 0.3) is 0 Å². The van der Waals surface area contributed by atoms with Gasteiger partial charge in [-0.2, -0.15) is 0 Å². The van der Waals surface area contributed by atoms with Crippen molar-refractivity contribution in [1.29, 1.82) is 10.8 Å². The maximum atomic E-state index is 7.31. The van der Waals surface area contributed by atoms with Gasteiger partial charge in [0.2, 0.25) is 0 Å². The fourth-order valence-electron chi connectivity index (χ4n) is 1.94. The molecule has 2 aromatic carbocycles. The average Bonchev–Trinajstić information content (AvgIpc) is 2.53. The van der Waals surface area contributed by atoms with Gasteiger partial charge in [-0.25, -0.2) is 0 Å². The van der Waals surface area contributed by atoms with Crippen molar-refractivity contribution in [1.82, 2.24) is 0 Å². The first-order valence-corrected chi connectivity index (χ1v) is 8.87. The molecule has 0 spiro atoms. The van der Waals surface area contributed by atoms with Gasteiger partial charge in [0.15, 0.2) is 11.8 Å². The molecular formula is C18H18Cl4N2O2. The zero-order valence-corrected chi connectivity index (χ0v) is 17.2. The molecule has 2 N–H and O–H groups in total. The summed E-state index contributed by atoms with van der Waals surface area (Å²) in [6.45, 7) is 0. The molecule has 8 heteroatoms. The molecule has 0 saturated heterocycles. The summed E-state index contributed by atoms with van der Waals surface area (Å²) in [4.78, 5) is 0. The maximum Gasteiger partial charge on any atom is 0.184 e. The van der Waals surface area contributed by atoms with E-state index in [1.165, 1.54) is 14.2 Å². The molecule has 0 aromatic heterocycles. The minimum atomic E-state index is 0.193. The number of rotatable bonds is 4. The molecule has 2 rings (SSSR count). The van der Waals surface area contributed by atoms with Gasteiger partial charge in [-0.1, -0.05) is 46.4 Å². The van der Waals surface area contributed by atoms with Crippen LogP contribution in [0.4, 0.5) is 0 Å². The summed E-state index contributed by atoms with van der Waals surface area (Å²) in [6.07, 6.45) is 0.827. The Morgan fingerprint density at radius 3 is 1.15 bits per heavy atom. The second-order valence-electron chi connectivity index (χ2n) is 5.16. The zero-order valence-electron chi connectivity index (χ0n) is 14.2. The van der Waals surface area contributed by atoms with E-state index in [1.54, 1.807) is 36.4 Å². The van der Waals surface area contributed by atoms with E-state index < -0.39 is 0 Å². The fraction of sp³-hybridized carbons (Fsp3) is 0.222. The van der Waals surface area contributed by atoms with E-state index in [9.17, 15) is 0 Å². The molecule has 0 unspecified atom stereocenters. The van der Waals surface area contributed by atoms with Crippen LogP contribution in [0.3, 0.4) is 0 Å². The number of ether oxygens (including phenoxy) is 2. The highest BCUT2D eigenvalue weighted by Crippen LogP contribution is 2.20. The van der Waals surface area contributed by atoms with Crippen molar-refractivity contribution in [3.8, 4) is 0 Å². The fourth-order valence-corrected chi connectivity index (χ4v) is 3.08. The van der Waals surface area contributed by atoms with Gasteiger partial charge in [-0.15, -0.1) is 0 Å². The highest BCUT2D eigenvalue weighted by molar-refractivity contribution is 6.35. The Morgan fingerprint density at radius 2 is 0.923 bits per heavy atom. The molecule has 0 aliphatic rings. The molecule has 0 atom stereocenters. The number of nitrogens with one attached hydrogen (secondary N) is 2. The Hall–Kier alpha value is -1.46. The lowest BCUT2D eigenvalue weighted by molar-refractivity contribution is 0.390. The van der Waals surface area contributed by atoms with Gasteiger partial charge in [-0.3, -0.25) is 10.8 Å². The van der Waals surface area contributed by atoms with Crippen LogP contribution < -0.4 is 0 Å². The number of benzene rings is 2. The molecule has 0 saturated carbocycles. The molecule has 0 aliphatic heterocycles. The molecule has 0 amide bonds. The zero-order chi connectivity index (χ0) is 19.7. The Balaban J connectivity index is 0.000000260. The maximum absolute atomic E-state index is 7.31. The first-order chi connectivity index (χ1) is 12.2. The predicted molar refractivity (Wildman–Crippen MR) is 110 cm³/mol. The molecule has 0 bridgehead atoms. The van der Waals surface area contributed by atoms with E-state index in [0.717, 1.165) is 11.1 Å². The average molecular weight is 436 g/mol. The number of hydrogen-bond donors (Lipinski definition) is 2. The van der Waals surface area contributed by atoms with Gasteiger partial charge in [-0.05, 0) is 47.5 Å². The highest BCUT2D eigenvalue weighted by Gasteiger charge is 2.02. The Morgan fingerprint density at radius 1 is 0.654 bits per heavy atom. The third-order valence-electron chi connectivity index (χ3n) is 3.07. The molecule has 4 nitrogen and oxygen atoms in total. The molecule has 0 aliphatic carbocycles. The van der Waals surface area contributed by atoms with E-state index in [2.05, 4.69) is 0 Å². The Labute approximate surface area is 172 Å². The van der Waals surface area contributed by atoms with Crippen molar-refractivity contribution in [2.24, 2.45) is 0 Å². The molecule has 0 fully saturated rings. The normalized spacial score (nSPS) is 9.77. The van der Waals surface area contributed by atoms with Crippen molar-refractivity contribution in [3.05, 3.63) is 67.6 Å². The van der Waals surface area contributed by atoms with Gasteiger partial charge in [0, 0.05) is 32.9 Å². The summed E-state index contributed by atoms with van der Waals surface area (Å²) in [5.74, 6) is 0.386. The molecule has 0 heterocycles. The molecule has 26 heavy (non-hydrogen) atoms. The van der Waals surface area contributed by atoms with Crippen LogP contribution >= 0.6 is 46.4 Å². The van der Waals surface area contributed by atoms with Crippen molar-refractivity contribution < 1.29 is 9.47 Å². The Kier molecular flexibility index (Phi) is 9.81. The van der Waals surface area contributed by atoms with Gasteiger partial charge >= 0.3 is 0 Å². The highest BCUT2D eigenvalue weighted by atomic mass is 35.5. The number of methoxy groups -OCH3 is 2. The minimum Gasteiger partial charge on any atom is -0.484 e. The second kappa shape index (κ2) is 11.3. The standard InChI is InChI=1S/2C9H9Cl2NO/c2*1-13-9(12)4-6-2-7(10)5-8(11)3-6/h2*2-3,5,12H,4H2,1H3. The summed E-state index contributed by atoms with van der Waals surface area (Å²) in [5.41, 5.74) is 1.76. The predicted octanol–water partition coefficient (Wildman–Crippen LogP) is 6.32. The van der Waals surface area contributed by atoms with Gasteiger partial charge in [0.1, 0.15) is 0 Å². The minimum absolute atomic E-state index is 0.193. The van der Waals surface area contributed by atoms with Crippen LogP contribution in [0.2, 0.25) is 20.1 Å². The first kappa shape index (κ1) is 22.6. The van der Waals surface area contributed by atoms with Crippen LogP contribution in [-0.4, -0.2) is 26.0 Å². The quantitative estimate of drug-likeness (QED) is 0.435. The molecule has 140 valence electrons. The monoisotopic (exact) mass is 434 g/mol. The van der Waals surface area contributed by atoms with Crippen molar-refractivity contribution in [2.75, 3.05) is 14.2 Å². The SMILES string of the molecule is COC(=N)Cc1cc(Cl)cc(Cl)c1.COC(=N)Cc1cc(Cl)cc(Cl)c1. The van der Waals surface area contributed by atoms with Crippen molar-refractivity contribution >= 4 is 58.2 Å². The number of halogens is 4. The van der Waals surface area contributed by atoms with Crippen LogP contribution in [-0.2, 0) is 22.3 Å². The summed E-state index contributed by atoms with van der Waals surface area (Å²) < 4.78 is 9.46. The van der Waals surface area contributed by atoms with Crippen LogP contribution in [0.15, 0.2) is 36.4 Å². The first-order valence-electron chi connectivity index (χ1n) is 7.36. The largest absolute Gasteiger partial charge is 0.484 e. The third-order valence-corrected chi connectivity index (χ3v) is 3.94. The van der Waals surface area contributed by atoms with Gasteiger partial charge in [0.05, 0.1) is 14.2 Å². The summed E-state index contributed by atoms with van der Waals surface area (Å²) in [6, 6.07) is 10.4. The van der Waals surface area contributed by atoms with Gasteiger partial charge < -0.3 is 9.47 Å². The van der Waals surface area contributed by atoms with Crippen molar-refractivity contribution in [2.45, 2.75) is 12.8 Å². The lowest BCUT2D eigenvalue weighted by Gasteiger charge is -2.03. The van der Waals surface area contributed by atoms with E-state index >= 15 is 0 Å². The Bertz CT molecular complexity index is 676. The van der Waals surface area contributed by atoms with Crippen LogP contribution in [0.1, 0.15) is 11.1 Å². The van der Waals surface area contributed by atoms with Crippen molar-refractivity contribution in [3.63, 3.8) is 0 Å². The van der Waals surface area contributed by atoms with Gasteiger partial charge in [0.25, 0.3) is 0 Å². The lowest BCUT2D eigenvalue weighted by atomic mass is 10.1. The van der Waals surface area contributed by atoms with E-state index in [4.69, 9.17) is 66.7 Å². The molecule has 0 radical (unpaired) electrons. The van der Waals surface area contributed by atoms with E-state index in [0.29, 0.717) is 32.9 Å². The molecular weight excluding hydrogens is 418 g/mol. The molecule has 2 aromatic rings. The van der Waals surface area contributed by atoms with E-state index in [-0.39, 0.29) is 11.8 Å². The second-order valence-corrected chi connectivity index (χ2v) is 6.91. The van der Waals surface area contributed by atoms with Crippen LogP contribution in [0, 0.1) is 10.8 Å². The summed E-state index contributed by atoms with van der Waals surface area (Å²) >= 11 is 23.1. The van der Waals surface area contributed by atoms with Crippen LogP contribution in [0.5, 0.6) is 0 Å². The smallest absolute Gasteiger partial charge is 0.184 e. The number of hydrogen-bond acceptors (Lipinski definition) is 4. The summed E-state index contributed by atoms with van der Waals surface area (Å²) in [7, 11) is 2.93. The lowest BCUT2D eigenvalue weighted by Crippen LogP contribution is -2.03.